The summed E-state index contributed by atoms with van der Waals surface area (Å²) in [6.45, 7) is 15.4. The molecule has 2 atom stereocenters. The van der Waals surface area contributed by atoms with Gasteiger partial charge in [-0.25, -0.2) is 0 Å². The van der Waals surface area contributed by atoms with Gasteiger partial charge in [-0.1, -0.05) is 27.7 Å². The van der Waals surface area contributed by atoms with Crippen LogP contribution in [0.25, 0.3) is 0 Å². The summed E-state index contributed by atoms with van der Waals surface area (Å²) in [5.41, 5.74) is 12.7. The second kappa shape index (κ2) is 10.5. The fourth-order valence-electron chi connectivity index (χ4n) is 4.37. The van der Waals surface area contributed by atoms with Crippen molar-refractivity contribution in [3.05, 3.63) is 0 Å². The van der Waals surface area contributed by atoms with E-state index in [0.717, 1.165) is 78.0 Å². The van der Waals surface area contributed by atoms with Crippen molar-refractivity contribution in [2.24, 2.45) is 11.5 Å². The van der Waals surface area contributed by atoms with Crippen LogP contribution < -0.4 is 22.1 Å². The van der Waals surface area contributed by atoms with E-state index in [9.17, 15) is 4.79 Å². The first-order chi connectivity index (χ1) is 13.3. The van der Waals surface area contributed by atoms with E-state index in [4.69, 9.17) is 11.5 Å². The third-order valence-corrected chi connectivity index (χ3v) is 7.10. The van der Waals surface area contributed by atoms with Gasteiger partial charge in [-0.15, -0.1) is 0 Å². The molecule has 0 aromatic heterocycles. The Balaban J connectivity index is 1.93. The van der Waals surface area contributed by atoms with Crippen molar-refractivity contribution < 1.29 is 4.79 Å². The lowest BCUT2D eigenvalue weighted by Gasteiger charge is -2.42. The minimum absolute atomic E-state index is 0.121. The van der Waals surface area contributed by atoms with E-state index in [2.05, 4.69) is 48.1 Å². The van der Waals surface area contributed by atoms with Crippen molar-refractivity contribution >= 4 is 5.78 Å². The number of carbonyl (C=O) groups excluding carboxylic acids is 1. The average molecular weight is 397 g/mol. The van der Waals surface area contributed by atoms with Gasteiger partial charge in [-0.05, 0) is 25.7 Å². The Morgan fingerprint density at radius 3 is 1.50 bits per heavy atom. The maximum Gasteiger partial charge on any atom is 0.169 e. The summed E-state index contributed by atoms with van der Waals surface area (Å²) in [6, 6.07) is -0.242. The van der Waals surface area contributed by atoms with Crippen molar-refractivity contribution in [1.82, 2.24) is 20.4 Å². The highest BCUT2D eigenvalue weighted by molar-refractivity contribution is 5.89. The van der Waals surface area contributed by atoms with Crippen molar-refractivity contribution in [1.29, 1.82) is 0 Å². The summed E-state index contributed by atoms with van der Waals surface area (Å²) in [4.78, 5) is 17.9. The van der Waals surface area contributed by atoms with Gasteiger partial charge in [-0.3, -0.25) is 14.6 Å². The van der Waals surface area contributed by atoms with Gasteiger partial charge in [0.15, 0.2) is 5.78 Å². The Bertz CT molecular complexity index is 449. The Labute approximate surface area is 171 Å². The molecule has 0 aromatic carbocycles. The summed E-state index contributed by atoms with van der Waals surface area (Å²) in [5, 5.41) is 6.88. The van der Waals surface area contributed by atoms with Gasteiger partial charge in [0, 0.05) is 63.4 Å². The largest absolute Gasteiger partial charge is 0.324 e. The first kappa shape index (κ1) is 23.7. The van der Waals surface area contributed by atoms with Crippen LogP contribution in [0.3, 0.4) is 0 Å². The van der Waals surface area contributed by atoms with E-state index >= 15 is 0 Å². The van der Waals surface area contributed by atoms with Crippen LogP contribution in [0.1, 0.15) is 53.4 Å². The van der Waals surface area contributed by atoms with E-state index < -0.39 is 0 Å². The molecule has 2 aliphatic rings. The minimum atomic E-state index is -0.157. The van der Waals surface area contributed by atoms with Gasteiger partial charge in [0.1, 0.15) is 0 Å². The zero-order valence-electron chi connectivity index (χ0n) is 18.6. The molecule has 0 spiro atoms. The Kier molecular flexibility index (Phi) is 8.85. The molecule has 0 saturated carbocycles. The molecule has 2 rings (SSSR count). The summed E-state index contributed by atoms with van der Waals surface area (Å²) in [6.07, 6.45) is 3.84. The number of nitrogens with zero attached hydrogens (tertiary/aromatic N) is 2. The third-order valence-electron chi connectivity index (χ3n) is 7.10. The minimum Gasteiger partial charge on any atom is -0.324 e. The lowest BCUT2D eigenvalue weighted by molar-refractivity contribution is -0.125. The second-order valence-corrected chi connectivity index (χ2v) is 9.02. The predicted molar refractivity (Wildman–Crippen MR) is 116 cm³/mol. The number of ketones is 1. The monoisotopic (exact) mass is 396 g/mol. The van der Waals surface area contributed by atoms with Gasteiger partial charge < -0.3 is 22.1 Å². The number of Topliss-reactive ketones (excluding diaryl/α,β-unsaturated/α-hetero) is 1. The van der Waals surface area contributed by atoms with Gasteiger partial charge in [0.2, 0.25) is 0 Å². The first-order valence-electron chi connectivity index (χ1n) is 11.3. The third kappa shape index (κ3) is 6.21. The zero-order chi connectivity index (χ0) is 20.8. The number of piperazine rings is 2. The molecule has 0 amide bonds. The number of hydrogen-bond donors (Lipinski definition) is 4. The molecule has 0 aromatic rings. The van der Waals surface area contributed by atoms with Crippen LogP contribution in [0.2, 0.25) is 0 Å². The van der Waals surface area contributed by atoms with E-state index in [1.807, 2.05) is 0 Å². The second-order valence-electron chi connectivity index (χ2n) is 9.02. The van der Waals surface area contributed by atoms with E-state index in [0.29, 0.717) is 0 Å². The quantitative estimate of drug-likeness (QED) is 0.417. The lowest BCUT2D eigenvalue weighted by Crippen LogP contribution is -2.65. The molecule has 0 aliphatic carbocycles. The Morgan fingerprint density at radius 2 is 1.18 bits per heavy atom. The zero-order valence-corrected chi connectivity index (χ0v) is 18.6. The number of nitrogens with one attached hydrogen (secondary N) is 2. The normalized spacial score (nSPS) is 25.8. The summed E-state index contributed by atoms with van der Waals surface area (Å²) in [7, 11) is 0. The standard InChI is InChI=1S/C21H44N6O/c1-5-20(22,6-2)15-26-11-9-24-17(13-26)19(28)18-14-27(12-10-25-18)16-21(23,7-3)8-4/h17-18,24-25H,5-16,22-23H2,1-4H3. The van der Waals surface area contributed by atoms with Crippen LogP contribution >= 0.6 is 0 Å². The molecule has 2 aliphatic heterocycles. The van der Waals surface area contributed by atoms with Crippen molar-refractivity contribution in [2.45, 2.75) is 76.5 Å². The summed E-state index contributed by atoms with van der Waals surface area (Å²) in [5.74, 6) is 0.278. The van der Waals surface area contributed by atoms with Crippen molar-refractivity contribution in [2.75, 3.05) is 52.4 Å². The molecule has 6 N–H and O–H groups in total. The molecule has 0 bridgehead atoms. The molecular weight excluding hydrogens is 352 g/mol. The number of hydrogen-bond acceptors (Lipinski definition) is 7. The van der Waals surface area contributed by atoms with Gasteiger partial charge in [0.05, 0.1) is 12.1 Å². The van der Waals surface area contributed by atoms with Gasteiger partial charge in [0.25, 0.3) is 0 Å². The molecule has 164 valence electrons. The molecule has 28 heavy (non-hydrogen) atoms. The number of rotatable bonds is 10. The highest BCUT2D eigenvalue weighted by Gasteiger charge is 2.36. The maximum absolute atomic E-state index is 13.2. The number of carbonyl (C=O) groups is 1. The molecule has 2 fully saturated rings. The summed E-state index contributed by atoms with van der Waals surface area (Å²) >= 11 is 0. The average Bonchev–Trinajstić information content (AvgIpc) is 2.73. The van der Waals surface area contributed by atoms with Crippen molar-refractivity contribution in [3.8, 4) is 0 Å². The van der Waals surface area contributed by atoms with Crippen LogP contribution in [-0.4, -0.2) is 91.1 Å². The fourth-order valence-corrected chi connectivity index (χ4v) is 4.37. The maximum atomic E-state index is 13.2. The van der Waals surface area contributed by atoms with E-state index in [1.165, 1.54) is 0 Å². The van der Waals surface area contributed by atoms with Crippen LogP contribution in [0.4, 0.5) is 0 Å². The number of nitrogens with two attached hydrogens (primary N) is 2. The molecule has 2 heterocycles. The Morgan fingerprint density at radius 1 is 0.821 bits per heavy atom. The smallest absolute Gasteiger partial charge is 0.169 e. The fraction of sp³-hybridized carbons (Fsp3) is 0.952. The topological polar surface area (TPSA) is 99.7 Å². The van der Waals surface area contributed by atoms with Crippen LogP contribution in [-0.2, 0) is 4.79 Å². The van der Waals surface area contributed by atoms with Crippen LogP contribution in [0.5, 0.6) is 0 Å². The van der Waals surface area contributed by atoms with Crippen LogP contribution in [0.15, 0.2) is 0 Å². The van der Waals surface area contributed by atoms with Gasteiger partial charge >= 0.3 is 0 Å². The SMILES string of the molecule is CCC(N)(CC)CN1CCNC(C(=O)C2CN(CC(N)(CC)CC)CCN2)C1. The first-order valence-corrected chi connectivity index (χ1v) is 11.3. The van der Waals surface area contributed by atoms with Crippen molar-refractivity contribution in [3.63, 3.8) is 0 Å². The van der Waals surface area contributed by atoms with E-state index in [1.54, 1.807) is 0 Å². The van der Waals surface area contributed by atoms with Gasteiger partial charge in [-0.2, -0.15) is 0 Å². The molecular formula is C21H44N6O. The highest BCUT2D eigenvalue weighted by Crippen LogP contribution is 2.17. The molecule has 0 radical (unpaired) electrons. The lowest BCUT2D eigenvalue weighted by atomic mass is 9.91. The molecule has 7 heteroatoms. The highest BCUT2D eigenvalue weighted by atomic mass is 16.1. The van der Waals surface area contributed by atoms with E-state index in [-0.39, 0.29) is 28.9 Å². The molecule has 2 saturated heterocycles. The Hall–Kier alpha value is -0.570. The molecule has 7 nitrogen and oxygen atoms in total. The van der Waals surface area contributed by atoms with Crippen LogP contribution in [0, 0.1) is 0 Å². The predicted octanol–water partition coefficient (Wildman–Crippen LogP) is 0.138. The molecule has 2 unspecified atom stereocenters. The summed E-state index contributed by atoms with van der Waals surface area (Å²) < 4.78 is 0.